The average molecular weight is 508 g/mol. The van der Waals surface area contributed by atoms with Crippen LogP contribution < -0.4 is 5.73 Å². The predicted octanol–water partition coefficient (Wildman–Crippen LogP) is 4.03. The van der Waals surface area contributed by atoms with E-state index in [2.05, 4.69) is 0 Å². The van der Waals surface area contributed by atoms with Crippen LogP contribution in [-0.4, -0.2) is 60.0 Å². The number of carbonyl (C=O) groups excluding carboxylic acids is 2. The summed E-state index contributed by atoms with van der Waals surface area (Å²) in [7, 11) is 0. The third kappa shape index (κ3) is 4.80. The van der Waals surface area contributed by atoms with Crippen molar-refractivity contribution in [1.29, 1.82) is 0 Å². The van der Waals surface area contributed by atoms with Crippen molar-refractivity contribution in [3.05, 3.63) is 71.8 Å². The lowest BCUT2D eigenvalue weighted by molar-refractivity contribution is -0.956. The molecule has 2 N–H and O–H groups in total. The molecule has 1 spiro atoms. The fourth-order valence-electron chi connectivity index (χ4n) is 7.02. The molecule has 2 aromatic carbocycles. The van der Waals surface area contributed by atoms with E-state index in [1.807, 2.05) is 60.7 Å². The number of benzene rings is 2. The minimum Gasteiger partial charge on any atom is -0.459 e. The van der Waals surface area contributed by atoms with Gasteiger partial charge in [-0.15, -0.1) is 0 Å². The van der Waals surface area contributed by atoms with E-state index in [0.717, 1.165) is 12.8 Å². The molecule has 3 aliphatic rings. The lowest BCUT2D eigenvalue weighted by Gasteiger charge is -2.47. The lowest BCUT2D eigenvalue weighted by Crippen LogP contribution is -2.60. The minimum absolute atomic E-state index is 0.160. The Balaban J connectivity index is 1.47. The first kappa shape index (κ1) is 25.9. The van der Waals surface area contributed by atoms with Crippen molar-refractivity contribution >= 4 is 11.9 Å². The average Bonchev–Trinajstić information content (AvgIpc) is 3.44. The molecule has 7 nitrogen and oxygen atoms in total. The van der Waals surface area contributed by atoms with Crippen molar-refractivity contribution < 1.29 is 28.3 Å². The molecule has 0 amide bonds. The summed E-state index contributed by atoms with van der Waals surface area (Å²) in [5.74, 6) is -1.08. The minimum atomic E-state index is -1.60. The largest absolute Gasteiger partial charge is 0.459 e. The van der Waals surface area contributed by atoms with Crippen molar-refractivity contribution in [2.45, 2.75) is 88.5 Å². The molecule has 4 atom stereocenters. The molecule has 3 saturated heterocycles. The highest BCUT2D eigenvalue weighted by atomic mass is 16.7. The molecule has 2 bridgehead atoms. The van der Waals surface area contributed by atoms with Crippen LogP contribution in [0.15, 0.2) is 60.7 Å². The van der Waals surface area contributed by atoms with E-state index in [1.165, 1.54) is 43.3 Å². The number of hydrogen-bond donors (Lipinski definition) is 1. The molecule has 2 aromatic rings. The molecule has 3 aliphatic heterocycles. The first-order valence-corrected chi connectivity index (χ1v) is 13.7. The Bertz CT molecular complexity index is 1030. The fraction of sp³-hybridized carbons (Fsp3) is 0.533. The molecule has 0 aromatic heterocycles. The monoisotopic (exact) mass is 507 g/mol. The van der Waals surface area contributed by atoms with Crippen LogP contribution in [-0.2, 0) is 29.4 Å². The standard InChI is InChI=1S/C30H39N2O5/c1-21(31)28(33)35-22(2)37-30(23-11-5-3-6-12-23,24-13-7-4-8-14-24)29(34)36-27-19-25-15-16-26(20-27)32(25)17-9-10-18-32/h3-8,11-14,21-22,25-27H,9-10,15-20,31H2,1-2H3/q+1/t21-,22?,25?,26?,27?/m0/s1. The number of ether oxygens (including phenoxy) is 3. The van der Waals surface area contributed by atoms with Gasteiger partial charge in [0.15, 0.2) is 0 Å². The third-order valence-electron chi connectivity index (χ3n) is 8.67. The summed E-state index contributed by atoms with van der Waals surface area (Å²) < 4.78 is 19.5. The molecule has 3 fully saturated rings. The summed E-state index contributed by atoms with van der Waals surface area (Å²) in [5, 5.41) is 0. The van der Waals surface area contributed by atoms with Crippen LogP contribution in [0.25, 0.3) is 0 Å². The van der Waals surface area contributed by atoms with E-state index >= 15 is 0 Å². The topological polar surface area (TPSA) is 87.9 Å². The summed E-state index contributed by atoms with van der Waals surface area (Å²) in [6.07, 6.45) is 5.60. The first-order chi connectivity index (χ1) is 17.8. The number of rotatable bonds is 8. The van der Waals surface area contributed by atoms with Gasteiger partial charge < -0.3 is 24.4 Å². The van der Waals surface area contributed by atoms with Gasteiger partial charge in [-0.25, -0.2) is 4.79 Å². The first-order valence-electron chi connectivity index (χ1n) is 13.7. The summed E-state index contributed by atoms with van der Waals surface area (Å²) in [6, 6.07) is 19.0. The van der Waals surface area contributed by atoms with Gasteiger partial charge in [-0.2, -0.15) is 0 Å². The highest BCUT2D eigenvalue weighted by Gasteiger charge is 2.57. The van der Waals surface area contributed by atoms with Gasteiger partial charge in [-0.1, -0.05) is 60.7 Å². The number of carbonyl (C=O) groups is 2. The van der Waals surface area contributed by atoms with E-state index in [4.69, 9.17) is 19.9 Å². The highest BCUT2D eigenvalue weighted by Crippen LogP contribution is 2.47. The number of hydrogen-bond acceptors (Lipinski definition) is 6. The molecule has 3 heterocycles. The van der Waals surface area contributed by atoms with Crippen molar-refractivity contribution in [1.82, 2.24) is 0 Å². The van der Waals surface area contributed by atoms with Crippen molar-refractivity contribution in [2.24, 2.45) is 5.73 Å². The quantitative estimate of drug-likeness (QED) is 0.330. The van der Waals surface area contributed by atoms with Gasteiger partial charge in [-0.05, 0) is 25.0 Å². The zero-order valence-electron chi connectivity index (χ0n) is 21.9. The maximum Gasteiger partial charge on any atom is 0.348 e. The summed E-state index contributed by atoms with van der Waals surface area (Å²) in [4.78, 5) is 26.6. The second kappa shape index (κ2) is 10.6. The molecule has 0 aliphatic carbocycles. The molecule has 0 saturated carbocycles. The molecule has 0 radical (unpaired) electrons. The number of quaternary nitrogens is 1. The van der Waals surface area contributed by atoms with Gasteiger partial charge >= 0.3 is 11.9 Å². The fourth-order valence-corrected chi connectivity index (χ4v) is 7.02. The molecule has 5 rings (SSSR count). The third-order valence-corrected chi connectivity index (χ3v) is 8.67. The molecular weight excluding hydrogens is 468 g/mol. The Kier molecular flexibility index (Phi) is 7.39. The zero-order valence-corrected chi connectivity index (χ0v) is 21.9. The number of esters is 2. The van der Waals surface area contributed by atoms with E-state index in [1.54, 1.807) is 13.8 Å². The van der Waals surface area contributed by atoms with Gasteiger partial charge in [-0.3, -0.25) is 4.79 Å². The molecule has 7 heteroatoms. The lowest BCUT2D eigenvalue weighted by atomic mass is 9.85. The normalized spacial score (nSPS) is 26.0. The maximum absolute atomic E-state index is 14.3. The van der Waals surface area contributed by atoms with Gasteiger partial charge in [0.25, 0.3) is 0 Å². The van der Waals surface area contributed by atoms with Crippen molar-refractivity contribution in [3.63, 3.8) is 0 Å². The van der Waals surface area contributed by atoms with Crippen molar-refractivity contribution in [2.75, 3.05) is 13.1 Å². The molecule has 198 valence electrons. The summed E-state index contributed by atoms with van der Waals surface area (Å²) in [5.41, 5.74) is 5.35. The van der Waals surface area contributed by atoms with E-state index in [0.29, 0.717) is 23.2 Å². The number of nitrogens with zero attached hydrogens (tertiary/aromatic N) is 1. The second-order valence-corrected chi connectivity index (χ2v) is 11.0. The molecule has 3 unspecified atom stereocenters. The van der Waals surface area contributed by atoms with E-state index < -0.39 is 29.9 Å². The predicted molar refractivity (Wildman–Crippen MR) is 139 cm³/mol. The van der Waals surface area contributed by atoms with Crippen LogP contribution in [0, 0.1) is 0 Å². The highest BCUT2D eigenvalue weighted by molar-refractivity contribution is 5.86. The van der Waals surface area contributed by atoms with Gasteiger partial charge in [0.2, 0.25) is 11.9 Å². The van der Waals surface area contributed by atoms with E-state index in [9.17, 15) is 9.59 Å². The maximum atomic E-state index is 14.3. The molecule has 37 heavy (non-hydrogen) atoms. The van der Waals surface area contributed by atoms with Crippen molar-refractivity contribution in [3.8, 4) is 0 Å². The Hall–Kier alpha value is -2.74. The number of nitrogens with two attached hydrogens (primary N) is 1. The van der Waals surface area contributed by atoms with Crippen LogP contribution >= 0.6 is 0 Å². The Morgan fingerprint density at radius 1 is 0.892 bits per heavy atom. The zero-order chi connectivity index (χ0) is 26.0. The SMILES string of the molecule is CC(OC(=O)[C@H](C)N)OC(C(=O)OC1CC2CCC(C1)[N+]21CCCC1)(c1ccccc1)c1ccccc1. The Morgan fingerprint density at radius 2 is 1.41 bits per heavy atom. The molecular formula is C30H39N2O5+. The van der Waals surface area contributed by atoms with Crippen LogP contribution in [0.4, 0.5) is 0 Å². The van der Waals surface area contributed by atoms with Crippen LogP contribution in [0.1, 0.15) is 63.5 Å². The van der Waals surface area contributed by atoms with Crippen LogP contribution in [0.3, 0.4) is 0 Å². The van der Waals surface area contributed by atoms with Crippen LogP contribution in [0.2, 0.25) is 0 Å². The van der Waals surface area contributed by atoms with Crippen LogP contribution in [0.5, 0.6) is 0 Å². The Labute approximate surface area is 219 Å². The van der Waals surface area contributed by atoms with E-state index in [-0.39, 0.29) is 6.10 Å². The Morgan fingerprint density at radius 3 is 1.89 bits per heavy atom. The summed E-state index contributed by atoms with van der Waals surface area (Å²) >= 11 is 0. The smallest absolute Gasteiger partial charge is 0.348 e. The summed E-state index contributed by atoms with van der Waals surface area (Å²) in [6.45, 7) is 5.69. The van der Waals surface area contributed by atoms with Gasteiger partial charge in [0.1, 0.15) is 12.1 Å². The van der Waals surface area contributed by atoms with Gasteiger partial charge in [0.05, 0.1) is 25.2 Å². The van der Waals surface area contributed by atoms with Gasteiger partial charge in [0, 0.05) is 38.5 Å². The second-order valence-electron chi connectivity index (χ2n) is 11.0. The number of piperidine rings is 1.